The van der Waals surface area contributed by atoms with Gasteiger partial charge in [0, 0.05) is 22.8 Å². The van der Waals surface area contributed by atoms with Gasteiger partial charge in [-0.15, -0.1) is 0 Å². The molecule has 0 unspecified atom stereocenters. The highest BCUT2D eigenvalue weighted by Crippen LogP contribution is 2.30. The Labute approximate surface area is 134 Å². The number of hydrogen-bond donors (Lipinski definition) is 1. The first-order valence-corrected chi connectivity index (χ1v) is 8.03. The zero-order valence-electron chi connectivity index (χ0n) is 11.6. The van der Waals surface area contributed by atoms with Crippen molar-refractivity contribution in [3.8, 4) is 11.3 Å². The van der Waals surface area contributed by atoms with Gasteiger partial charge in [0.15, 0.2) is 0 Å². The van der Waals surface area contributed by atoms with Crippen LogP contribution >= 0.6 is 23.2 Å². The molecule has 1 fully saturated rings. The Kier molecular flexibility index (Phi) is 4.61. The predicted molar refractivity (Wildman–Crippen MR) is 88.0 cm³/mol. The lowest BCUT2D eigenvalue weighted by molar-refractivity contribution is 0.461. The predicted octanol–water partition coefficient (Wildman–Crippen LogP) is 5.20. The summed E-state index contributed by atoms with van der Waals surface area (Å²) in [7, 11) is 0. The van der Waals surface area contributed by atoms with Crippen molar-refractivity contribution in [1.29, 1.82) is 0 Å². The molecule has 3 nitrogen and oxygen atoms in total. The average Bonchev–Trinajstić information content (AvgIpc) is 2.51. The van der Waals surface area contributed by atoms with Crippen LogP contribution in [0.3, 0.4) is 0 Å². The third kappa shape index (κ3) is 3.66. The number of halogens is 2. The zero-order valence-corrected chi connectivity index (χ0v) is 13.2. The lowest BCUT2D eigenvalue weighted by Gasteiger charge is -2.22. The van der Waals surface area contributed by atoms with Crippen LogP contribution in [0.5, 0.6) is 0 Å². The van der Waals surface area contributed by atoms with Crippen molar-refractivity contribution in [2.24, 2.45) is 0 Å². The van der Waals surface area contributed by atoms with Gasteiger partial charge in [-0.1, -0.05) is 42.5 Å². The van der Waals surface area contributed by atoms with Gasteiger partial charge < -0.3 is 5.32 Å². The molecule has 0 bridgehead atoms. The van der Waals surface area contributed by atoms with E-state index in [1.165, 1.54) is 32.1 Å². The third-order valence-electron chi connectivity index (χ3n) is 3.80. The molecule has 1 N–H and O–H groups in total. The molecule has 3 rings (SSSR count). The topological polar surface area (TPSA) is 37.8 Å². The Morgan fingerprint density at radius 2 is 1.86 bits per heavy atom. The van der Waals surface area contributed by atoms with Crippen LogP contribution in [-0.4, -0.2) is 16.0 Å². The molecule has 1 aromatic heterocycles. The van der Waals surface area contributed by atoms with E-state index in [1.54, 1.807) is 18.3 Å². The summed E-state index contributed by atoms with van der Waals surface area (Å²) in [6.45, 7) is 0. The van der Waals surface area contributed by atoms with Crippen molar-refractivity contribution in [3.05, 3.63) is 40.5 Å². The van der Waals surface area contributed by atoms with E-state index in [9.17, 15) is 0 Å². The van der Waals surface area contributed by atoms with Gasteiger partial charge in [-0.2, -0.15) is 0 Å². The van der Waals surface area contributed by atoms with Gasteiger partial charge in [0.1, 0.15) is 0 Å². The van der Waals surface area contributed by atoms with Crippen molar-refractivity contribution >= 4 is 29.2 Å². The molecule has 0 atom stereocenters. The van der Waals surface area contributed by atoms with Crippen LogP contribution in [0, 0.1) is 0 Å². The van der Waals surface area contributed by atoms with Crippen molar-refractivity contribution in [2.75, 3.05) is 5.32 Å². The number of aromatic nitrogens is 2. The molecule has 21 heavy (non-hydrogen) atoms. The number of benzene rings is 1. The van der Waals surface area contributed by atoms with Crippen molar-refractivity contribution < 1.29 is 0 Å². The lowest BCUT2D eigenvalue weighted by Crippen LogP contribution is -2.23. The molecule has 5 heteroatoms. The first-order valence-electron chi connectivity index (χ1n) is 7.27. The number of hydrogen-bond acceptors (Lipinski definition) is 3. The molecule has 1 aliphatic rings. The standard InChI is InChI=1S/C16H17Cl2N3/c17-11-6-7-14(18)13(10-11)15-8-9-19-16(21-15)20-12-4-2-1-3-5-12/h6-10,12H,1-5H2,(H,19,20,21). The van der Waals surface area contributed by atoms with Gasteiger partial charge in [-0.25, -0.2) is 9.97 Å². The van der Waals surface area contributed by atoms with Gasteiger partial charge in [0.05, 0.1) is 10.7 Å². The fourth-order valence-electron chi connectivity index (χ4n) is 2.70. The molecule has 0 radical (unpaired) electrons. The summed E-state index contributed by atoms with van der Waals surface area (Å²) in [4.78, 5) is 8.89. The van der Waals surface area contributed by atoms with E-state index in [2.05, 4.69) is 15.3 Å². The molecule has 2 aromatic rings. The van der Waals surface area contributed by atoms with Crippen LogP contribution in [0.2, 0.25) is 10.0 Å². The Hall–Kier alpha value is -1.32. The number of rotatable bonds is 3. The Morgan fingerprint density at radius 1 is 1.05 bits per heavy atom. The first kappa shape index (κ1) is 14.6. The summed E-state index contributed by atoms with van der Waals surface area (Å²) >= 11 is 12.3. The molecule has 0 saturated heterocycles. The second-order valence-corrected chi connectivity index (χ2v) is 6.21. The highest BCUT2D eigenvalue weighted by Gasteiger charge is 2.14. The third-order valence-corrected chi connectivity index (χ3v) is 4.36. The fourth-order valence-corrected chi connectivity index (χ4v) is 3.09. The molecule has 1 saturated carbocycles. The lowest BCUT2D eigenvalue weighted by atomic mass is 9.96. The van der Waals surface area contributed by atoms with Crippen LogP contribution in [0.1, 0.15) is 32.1 Å². The summed E-state index contributed by atoms with van der Waals surface area (Å²) in [5, 5.41) is 4.72. The van der Waals surface area contributed by atoms with Gasteiger partial charge in [-0.05, 0) is 37.1 Å². The minimum Gasteiger partial charge on any atom is -0.351 e. The highest BCUT2D eigenvalue weighted by molar-refractivity contribution is 6.35. The summed E-state index contributed by atoms with van der Waals surface area (Å²) in [5.74, 6) is 0.662. The Bertz CT molecular complexity index is 625. The molecule has 0 aliphatic heterocycles. The van der Waals surface area contributed by atoms with Crippen LogP contribution < -0.4 is 5.32 Å². The van der Waals surface area contributed by atoms with Crippen molar-refractivity contribution in [2.45, 2.75) is 38.1 Å². The summed E-state index contributed by atoms with van der Waals surface area (Å²) in [6.07, 6.45) is 8.01. The van der Waals surface area contributed by atoms with Crippen LogP contribution in [0.25, 0.3) is 11.3 Å². The zero-order chi connectivity index (χ0) is 14.7. The molecular weight excluding hydrogens is 305 g/mol. The minimum atomic E-state index is 0.476. The van der Waals surface area contributed by atoms with Crippen molar-refractivity contribution in [3.63, 3.8) is 0 Å². The maximum Gasteiger partial charge on any atom is 0.223 e. The van der Waals surface area contributed by atoms with Gasteiger partial charge >= 0.3 is 0 Å². The largest absolute Gasteiger partial charge is 0.351 e. The first-order chi connectivity index (χ1) is 10.2. The van der Waals surface area contributed by atoms with E-state index in [0.717, 1.165) is 11.3 Å². The molecule has 0 spiro atoms. The number of anilines is 1. The van der Waals surface area contributed by atoms with E-state index < -0.39 is 0 Å². The molecule has 1 aliphatic carbocycles. The van der Waals surface area contributed by atoms with Gasteiger partial charge in [0.25, 0.3) is 0 Å². The fraction of sp³-hybridized carbons (Fsp3) is 0.375. The van der Waals surface area contributed by atoms with Crippen LogP contribution in [0.15, 0.2) is 30.5 Å². The van der Waals surface area contributed by atoms with E-state index in [0.29, 0.717) is 22.0 Å². The van der Waals surface area contributed by atoms with E-state index in [1.807, 2.05) is 12.1 Å². The SMILES string of the molecule is Clc1ccc(Cl)c(-c2ccnc(NC3CCCCC3)n2)c1. The van der Waals surface area contributed by atoms with Crippen LogP contribution in [-0.2, 0) is 0 Å². The normalized spacial score (nSPS) is 15.9. The summed E-state index contributed by atoms with van der Waals surface area (Å²) < 4.78 is 0. The summed E-state index contributed by atoms with van der Waals surface area (Å²) in [5.41, 5.74) is 1.62. The molecule has 1 aromatic carbocycles. The van der Waals surface area contributed by atoms with Gasteiger partial charge in [0.2, 0.25) is 5.95 Å². The Balaban J connectivity index is 1.83. The highest BCUT2D eigenvalue weighted by atomic mass is 35.5. The molecule has 1 heterocycles. The number of nitrogens with one attached hydrogen (secondary N) is 1. The van der Waals surface area contributed by atoms with Crippen LogP contribution in [0.4, 0.5) is 5.95 Å². The molecular formula is C16H17Cl2N3. The molecule has 0 amide bonds. The number of nitrogens with zero attached hydrogens (tertiary/aromatic N) is 2. The van der Waals surface area contributed by atoms with E-state index in [4.69, 9.17) is 23.2 Å². The quantitative estimate of drug-likeness (QED) is 0.844. The van der Waals surface area contributed by atoms with Gasteiger partial charge in [-0.3, -0.25) is 0 Å². The summed E-state index contributed by atoms with van der Waals surface area (Å²) in [6, 6.07) is 7.72. The van der Waals surface area contributed by atoms with E-state index >= 15 is 0 Å². The maximum atomic E-state index is 6.24. The average molecular weight is 322 g/mol. The smallest absolute Gasteiger partial charge is 0.223 e. The second kappa shape index (κ2) is 6.63. The monoisotopic (exact) mass is 321 g/mol. The molecule has 110 valence electrons. The minimum absolute atomic E-state index is 0.476. The second-order valence-electron chi connectivity index (χ2n) is 5.37. The van der Waals surface area contributed by atoms with E-state index in [-0.39, 0.29) is 0 Å². The maximum absolute atomic E-state index is 6.24. The van der Waals surface area contributed by atoms with Crippen molar-refractivity contribution in [1.82, 2.24) is 9.97 Å². The Morgan fingerprint density at radius 3 is 2.67 bits per heavy atom.